The zero-order valence-corrected chi connectivity index (χ0v) is 26.9. The van der Waals surface area contributed by atoms with Gasteiger partial charge in [0.15, 0.2) is 0 Å². The molecule has 0 bridgehead atoms. The maximum absolute atomic E-state index is 14.5. The Morgan fingerprint density at radius 2 is 1.95 bits per heavy atom. The minimum Gasteiger partial charge on any atom is -0.477 e. The molecule has 1 aromatic heterocycles. The number of amides is 1. The number of aryl methyl sites for hydroxylation is 1. The summed E-state index contributed by atoms with van der Waals surface area (Å²) in [7, 11) is 1.58. The fraction of sp³-hybridized carbons (Fsp3) is 0.484. The second-order valence-electron chi connectivity index (χ2n) is 11.0. The van der Waals surface area contributed by atoms with E-state index in [-0.39, 0.29) is 42.9 Å². The van der Waals surface area contributed by atoms with Gasteiger partial charge in [-0.15, -0.1) is 17.9 Å². The van der Waals surface area contributed by atoms with Gasteiger partial charge < -0.3 is 24.2 Å². The molecule has 230 valence electrons. The van der Waals surface area contributed by atoms with Crippen molar-refractivity contribution in [2.24, 2.45) is 11.3 Å². The number of carboxylic acid groups (broad SMARTS) is 1. The van der Waals surface area contributed by atoms with Crippen LogP contribution in [0.15, 0.2) is 49.2 Å². The maximum atomic E-state index is 14.5. The molecule has 11 heteroatoms. The highest BCUT2D eigenvalue weighted by Crippen LogP contribution is 2.31. The van der Waals surface area contributed by atoms with Crippen LogP contribution in [0.25, 0.3) is 0 Å². The van der Waals surface area contributed by atoms with Crippen molar-refractivity contribution < 1.29 is 33.7 Å². The fourth-order valence-corrected chi connectivity index (χ4v) is 5.29. The summed E-state index contributed by atoms with van der Waals surface area (Å²) < 4.78 is 17.4. The van der Waals surface area contributed by atoms with Crippen molar-refractivity contribution >= 4 is 46.5 Å². The predicted octanol–water partition coefficient (Wildman–Crippen LogP) is 6.14. The van der Waals surface area contributed by atoms with E-state index >= 15 is 0 Å². The van der Waals surface area contributed by atoms with Crippen LogP contribution in [0.4, 0.5) is 5.69 Å². The first kappa shape index (κ1) is 35.1. The summed E-state index contributed by atoms with van der Waals surface area (Å²) in [5.41, 5.74) is -0.000583. The smallest absolute Gasteiger partial charge is 0.347 e. The first-order chi connectivity index (χ1) is 19.7. The molecular formula is C31H41ClN2O7S. The number of carbonyl (C=O) groups excluding carboxylic acids is 2. The van der Waals surface area contributed by atoms with E-state index in [9.17, 15) is 19.5 Å². The zero-order valence-electron chi connectivity index (χ0n) is 25.3. The van der Waals surface area contributed by atoms with Crippen molar-refractivity contribution in [3.8, 4) is 0 Å². The largest absolute Gasteiger partial charge is 0.477 e. The van der Waals surface area contributed by atoms with E-state index in [0.29, 0.717) is 15.7 Å². The lowest BCUT2D eigenvalue weighted by Gasteiger charge is -2.36. The van der Waals surface area contributed by atoms with Crippen LogP contribution in [0.5, 0.6) is 0 Å². The van der Waals surface area contributed by atoms with Gasteiger partial charge in [0.2, 0.25) is 0 Å². The highest BCUT2D eigenvalue weighted by atomic mass is 35.5. The molecule has 1 heterocycles. The van der Waals surface area contributed by atoms with Crippen LogP contribution in [-0.2, 0) is 30.2 Å². The fourth-order valence-electron chi connectivity index (χ4n) is 4.28. The van der Waals surface area contributed by atoms with Gasteiger partial charge in [-0.25, -0.2) is 9.78 Å². The molecule has 2 rings (SSSR count). The van der Waals surface area contributed by atoms with E-state index in [1.54, 1.807) is 36.3 Å². The predicted molar refractivity (Wildman–Crippen MR) is 165 cm³/mol. The Bertz CT molecular complexity index is 1290. The Balaban J connectivity index is 2.56. The number of benzene rings is 1. The number of carboxylic acids is 1. The van der Waals surface area contributed by atoms with Crippen LogP contribution in [0.3, 0.4) is 0 Å². The molecule has 3 atom stereocenters. The zero-order chi connectivity index (χ0) is 31.7. The van der Waals surface area contributed by atoms with Crippen LogP contribution in [0, 0.1) is 18.3 Å². The molecule has 9 nitrogen and oxygen atoms in total. The molecule has 1 unspecified atom stereocenters. The van der Waals surface area contributed by atoms with Crippen molar-refractivity contribution in [2.75, 3.05) is 31.8 Å². The van der Waals surface area contributed by atoms with Gasteiger partial charge in [-0.3, -0.25) is 9.59 Å². The number of anilines is 1. The lowest BCUT2D eigenvalue weighted by Crippen LogP contribution is -2.48. The molecule has 0 aliphatic carbocycles. The third kappa shape index (κ3) is 9.76. The van der Waals surface area contributed by atoms with Crippen molar-refractivity contribution in [3.05, 3.63) is 69.7 Å². The molecule has 0 saturated carbocycles. The van der Waals surface area contributed by atoms with Gasteiger partial charge in [0.25, 0.3) is 5.91 Å². The molecular weight excluding hydrogens is 580 g/mol. The summed E-state index contributed by atoms with van der Waals surface area (Å²) in [5.74, 6) is -2.15. The summed E-state index contributed by atoms with van der Waals surface area (Å²) in [6.45, 7) is 15.1. The summed E-state index contributed by atoms with van der Waals surface area (Å²) in [6.07, 6.45) is 5.80. The molecule has 0 spiro atoms. The normalized spacial score (nSPS) is 14.7. The molecule has 1 aromatic carbocycles. The van der Waals surface area contributed by atoms with E-state index in [1.807, 2.05) is 46.8 Å². The Morgan fingerprint density at radius 3 is 2.48 bits per heavy atom. The minimum atomic E-state index is -1.09. The van der Waals surface area contributed by atoms with Gasteiger partial charge in [-0.2, -0.15) is 0 Å². The first-order valence-electron chi connectivity index (χ1n) is 13.5. The number of hydrogen-bond acceptors (Lipinski definition) is 8. The van der Waals surface area contributed by atoms with Crippen molar-refractivity contribution in [2.45, 2.75) is 59.7 Å². The van der Waals surface area contributed by atoms with Crippen molar-refractivity contribution in [3.63, 3.8) is 0 Å². The van der Waals surface area contributed by atoms with Gasteiger partial charge in [0.1, 0.15) is 11.0 Å². The lowest BCUT2D eigenvalue weighted by atomic mass is 9.89. The molecule has 1 N–H and O–H groups in total. The van der Waals surface area contributed by atoms with Crippen molar-refractivity contribution in [1.29, 1.82) is 0 Å². The van der Waals surface area contributed by atoms with Crippen LogP contribution >= 0.6 is 22.9 Å². The number of esters is 1. The molecule has 0 saturated heterocycles. The number of allylic oxidation sites excluding steroid dienone is 1. The standard InChI is InChI=1S/C31H41ClN2O7S/c1-9-11-22(31(7,10-2)39-8)17-40-25(15-27-33-16-26(42-27)29(37)38)28(36)34(18-30(5,6)19-41-21(4)35)24-13-12-23(32)14-20(24)3/h9-14,16,22,25H,2,15,17-19H2,1,3-8H3,(H,37,38)/b11-9-/t22-,25-,31?/m1/s1. The number of nitrogens with zero attached hydrogens (tertiary/aromatic N) is 2. The number of aromatic nitrogens is 1. The number of aromatic carboxylic acids is 1. The van der Waals surface area contributed by atoms with Crippen LogP contribution < -0.4 is 4.90 Å². The molecule has 0 aliphatic rings. The molecule has 0 radical (unpaired) electrons. The quantitative estimate of drug-likeness (QED) is 0.176. The SMILES string of the molecule is C=CC(C)(OC)[C@H](/C=C\C)CO[C@H](Cc1ncc(C(=O)O)s1)C(=O)N(CC(C)(C)COC(C)=O)c1ccc(Cl)cc1C. The Labute approximate surface area is 257 Å². The molecule has 0 aliphatic heterocycles. The summed E-state index contributed by atoms with van der Waals surface area (Å²) in [4.78, 5) is 43.4. The third-order valence-electron chi connectivity index (χ3n) is 6.85. The van der Waals surface area contributed by atoms with E-state index in [4.69, 9.17) is 25.8 Å². The van der Waals surface area contributed by atoms with E-state index in [0.717, 1.165) is 16.9 Å². The lowest BCUT2D eigenvalue weighted by molar-refractivity contribution is -0.143. The average molecular weight is 621 g/mol. The Kier molecular flexibility index (Phi) is 12.9. The maximum Gasteiger partial charge on any atom is 0.347 e. The minimum absolute atomic E-state index is 0.0463. The number of methoxy groups -OCH3 is 1. The number of ether oxygens (including phenoxy) is 3. The first-order valence-corrected chi connectivity index (χ1v) is 14.7. The van der Waals surface area contributed by atoms with Crippen LogP contribution in [-0.4, -0.2) is 66.5 Å². The van der Waals surface area contributed by atoms with E-state index in [2.05, 4.69) is 11.6 Å². The second kappa shape index (κ2) is 15.4. The van der Waals surface area contributed by atoms with Gasteiger partial charge >= 0.3 is 11.9 Å². The molecule has 0 fully saturated rings. The number of thiazole rings is 1. The molecule has 42 heavy (non-hydrogen) atoms. The Hall–Kier alpha value is -3.05. The third-order valence-corrected chi connectivity index (χ3v) is 8.09. The number of carbonyl (C=O) groups is 3. The number of hydrogen-bond donors (Lipinski definition) is 1. The van der Waals surface area contributed by atoms with E-state index < -0.39 is 29.1 Å². The number of rotatable bonds is 16. The second-order valence-corrected chi connectivity index (χ2v) is 12.5. The highest BCUT2D eigenvalue weighted by Gasteiger charge is 2.36. The van der Waals surface area contributed by atoms with Crippen LogP contribution in [0.2, 0.25) is 5.02 Å². The van der Waals surface area contributed by atoms with Crippen LogP contribution in [0.1, 0.15) is 54.9 Å². The Morgan fingerprint density at radius 1 is 1.26 bits per heavy atom. The van der Waals surface area contributed by atoms with E-state index in [1.165, 1.54) is 13.1 Å². The number of halogens is 1. The topological polar surface area (TPSA) is 115 Å². The van der Waals surface area contributed by atoms with Gasteiger partial charge in [0, 0.05) is 49.0 Å². The molecule has 1 amide bonds. The highest BCUT2D eigenvalue weighted by molar-refractivity contribution is 7.13. The van der Waals surface area contributed by atoms with Gasteiger partial charge in [0.05, 0.1) is 30.0 Å². The summed E-state index contributed by atoms with van der Waals surface area (Å²) in [6, 6.07) is 5.24. The van der Waals surface area contributed by atoms with Gasteiger partial charge in [-0.1, -0.05) is 43.7 Å². The van der Waals surface area contributed by atoms with Gasteiger partial charge in [-0.05, 0) is 44.5 Å². The summed E-state index contributed by atoms with van der Waals surface area (Å²) in [5, 5.41) is 10.4. The average Bonchev–Trinajstić information content (AvgIpc) is 3.41. The molecule has 2 aromatic rings. The van der Waals surface area contributed by atoms with Crippen molar-refractivity contribution in [1.82, 2.24) is 4.98 Å². The monoisotopic (exact) mass is 620 g/mol. The summed E-state index contributed by atoms with van der Waals surface area (Å²) >= 11 is 7.23.